The Morgan fingerprint density at radius 1 is 0.758 bits per heavy atom. The zero-order valence-electron chi connectivity index (χ0n) is 17.6. The lowest BCUT2D eigenvalue weighted by atomic mass is 9.89. The smallest absolute Gasteiger partial charge is 0.159 e. The van der Waals surface area contributed by atoms with Crippen LogP contribution >= 0.6 is 0 Å². The van der Waals surface area contributed by atoms with E-state index in [1.807, 2.05) is 12.1 Å². The number of aromatic nitrogens is 4. The summed E-state index contributed by atoms with van der Waals surface area (Å²) in [6.45, 7) is 0.527. The molecule has 1 N–H and O–H groups in total. The summed E-state index contributed by atoms with van der Waals surface area (Å²) in [6.07, 6.45) is 5.68. The third-order valence-electron chi connectivity index (χ3n) is 5.53. The van der Waals surface area contributed by atoms with E-state index in [0.717, 1.165) is 33.2 Å². The number of halogens is 2. The number of aliphatic hydroxyl groups excluding tert-OH is 1. The van der Waals surface area contributed by atoms with E-state index in [1.165, 1.54) is 24.3 Å². The van der Waals surface area contributed by atoms with Gasteiger partial charge in [0.05, 0.1) is 11.9 Å². The van der Waals surface area contributed by atoms with Crippen molar-refractivity contribution in [3.8, 4) is 33.5 Å². The second-order valence-corrected chi connectivity index (χ2v) is 7.64. The number of nitrogens with zero attached hydrogens (tertiary/aromatic N) is 4. The minimum absolute atomic E-state index is 0.0338. The Labute approximate surface area is 189 Å². The van der Waals surface area contributed by atoms with Crippen molar-refractivity contribution in [3.63, 3.8) is 0 Å². The highest BCUT2D eigenvalue weighted by Crippen LogP contribution is 2.43. The number of fused-ring (bicyclic) bond motifs is 1. The van der Waals surface area contributed by atoms with Gasteiger partial charge < -0.3 is 5.11 Å². The molecule has 5 rings (SSSR count). The molecule has 0 amide bonds. The molecule has 0 aliphatic rings. The number of pyridine rings is 2. The van der Waals surface area contributed by atoms with Crippen molar-refractivity contribution in [3.05, 3.63) is 90.9 Å². The standard InChI is InChI=1S/C26H20F2N4O/c27-20-6-2-17(3-7-20)23-22-16-30-32(14-1-15-33)26(22)31-25(19-4-8-21(28)9-5-19)24(23)18-10-12-29-13-11-18/h2-13,16,33H,1,14-15H2. The average Bonchev–Trinajstić information content (AvgIpc) is 3.26. The van der Waals surface area contributed by atoms with Crippen LogP contribution in [0.15, 0.2) is 79.3 Å². The number of hydrogen-bond acceptors (Lipinski definition) is 4. The molecule has 5 nitrogen and oxygen atoms in total. The normalized spacial score (nSPS) is 11.2. The van der Waals surface area contributed by atoms with Crippen molar-refractivity contribution in [1.29, 1.82) is 0 Å². The summed E-state index contributed by atoms with van der Waals surface area (Å²) in [7, 11) is 0. The average molecular weight is 442 g/mol. The van der Waals surface area contributed by atoms with Gasteiger partial charge in [-0.1, -0.05) is 12.1 Å². The van der Waals surface area contributed by atoms with E-state index in [2.05, 4.69) is 10.1 Å². The second-order valence-electron chi connectivity index (χ2n) is 7.64. The van der Waals surface area contributed by atoms with E-state index in [0.29, 0.717) is 24.3 Å². The lowest BCUT2D eigenvalue weighted by Crippen LogP contribution is -2.04. The van der Waals surface area contributed by atoms with Crippen molar-refractivity contribution < 1.29 is 13.9 Å². The highest BCUT2D eigenvalue weighted by atomic mass is 19.1. The van der Waals surface area contributed by atoms with E-state index in [1.54, 1.807) is 47.5 Å². The number of aryl methyl sites for hydroxylation is 1. The van der Waals surface area contributed by atoms with Crippen LogP contribution in [0.2, 0.25) is 0 Å². The topological polar surface area (TPSA) is 63.8 Å². The summed E-state index contributed by atoms with van der Waals surface area (Å²) in [5.41, 5.74) is 5.38. The summed E-state index contributed by atoms with van der Waals surface area (Å²) in [4.78, 5) is 9.11. The molecule has 0 aliphatic heterocycles. The molecule has 3 aromatic heterocycles. The maximum atomic E-state index is 13.8. The van der Waals surface area contributed by atoms with Gasteiger partial charge >= 0.3 is 0 Å². The van der Waals surface area contributed by atoms with Crippen LogP contribution in [-0.2, 0) is 6.54 Å². The molecule has 5 aromatic rings. The zero-order valence-corrected chi connectivity index (χ0v) is 17.6. The van der Waals surface area contributed by atoms with Gasteiger partial charge in [-0.3, -0.25) is 4.98 Å². The molecule has 33 heavy (non-hydrogen) atoms. The van der Waals surface area contributed by atoms with Gasteiger partial charge in [0.1, 0.15) is 11.6 Å². The monoisotopic (exact) mass is 442 g/mol. The Kier molecular flexibility index (Phi) is 5.62. The van der Waals surface area contributed by atoms with Crippen molar-refractivity contribution in [2.75, 3.05) is 6.61 Å². The molecule has 0 saturated carbocycles. The Morgan fingerprint density at radius 2 is 1.36 bits per heavy atom. The van der Waals surface area contributed by atoms with Crippen molar-refractivity contribution in [1.82, 2.24) is 19.7 Å². The van der Waals surface area contributed by atoms with Crippen LogP contribution in [0.4, 0.5) is 8.78 Å². The SMILES string of the molecule is OCCCn1ncc2c(-c3ccc(F)cc3)c(-c3ccncc3)c(-c3ccc(F)cc3)nc21. The Hall–Kier alpha value is -3.97. The first-order valence-corrected chi connectivity index (χ1v) is 10.6. The molecule has 164 valence electrons. The summed E-state index contributed by atoms with van der Waals surface area (Å²) in [6, 6.07) is 16.3. The minimum Gasteiger partial charge on any atom is -0.396 e. The molecule has 0 fully saturated rings. The number of benzene rings is 2. The van der Waals surface area contributed by atoms with Gasteiger partial charge in [-0.2, -0.15) is 5.10 Å². The molecule has 2 aromatic carbocycles. The van der Waals surface area contributed by atoms with Gasteiger partial charge in [0.2, 0.25) is 0 Å². The van der Waals surface area contributed by atoms with Gasteiger partial charge in [0.15, 0.2) is 5.65 Å². The summed E-state index contributed by atoms with van der Waals surface area (Å²) >= 11 is 0. The fourth-order valence-electron chi connectivity index (χ4n) is 4.00. The molecular formula is C26H20F2N4O. The fourth-order valence-corrected chi connectivity index (χ4v) is 4.00. The van der Waals surface area contributed by atoms with Crippen LogP contribution in [0.25, 0.3) is 44.5 Å². The Morgan fingerprint density at radius 3 is 2.00 bits per heavy atom. The largest absolute Gasteiger partial charge is 0.396 e. The first kappa shape index (κ1) is 20.9. The Bertz CT molecular complexity index is 1400. The van der Waals surface area contributed by atoms with Crippen molar-refractivity contribution in [2.24, 2.45) is 0 Å². The lowest BCUT2D eigenvalue weighted by Gasteiger charge is -2.17. The van der Waals surface area contributed by atoms with Crippen LogP contribution in [0.5, 0.6) is 0 Å². The molecule has 0 radical (unpaired) electrons. The highest BCUT2D eigenvalue weighted by molar-refractivity contribution is 6.06. The third-order valence-corrected chi connectivity index (χ3v) is 5.53. The van der Waals surface area contributed by atoms with E-state index < -0.39 is 0 Å². The molecule has 7 heteroatoms. The number of rotatable bonds is 6. The molecule has 0 spiro atoms. The highest BCUT2D eigenvalue weighted by Gasteiger charge is 2.22. The second kappa shape index (κ2) is 8.88. The Balaban J connectivity index is 1.90. The lowest BCUT2D eigenvalue weighted by molar-refractivity contribution is 0.278. The first-order chi connectivity index (χ1) is 16.2. The summed E-state index contributed by atoms with van der Waals surface area (Å²) < 4.78 is 29.2. The van der Waals surface area contributed by atoms with Crippen LogP contribution in [0.1, 0.15) is 6.42 Å². The fraction of sp³-hybridized carbons (Fsp3) is 0.115. The molecule has 0 saturated heterocycles. The molecule has 0 unspecified atom stereocenters. The molecule has 0 atom stereocenters. The van der Waals surface area contributed by atoms with Crippen LogP contribution in [0.3, 0.4) is 0 Å². The molecule has 3 heterocycles. The van der Waals surface area contributed by atoms with Crippen molar-refractivity contribution in [2.45, 2.75) is 13.0 Å². The van der Waals surface area contributed by atoms with Gasteiger partial charge in [0, 0.05) is 47.6 Å². The van der Waals surface area contributed by atoms with E-state index >= 15 is 0 Å². The summed E-state index contributed by atoms with van der Waals surface area (Å²) in [5, 5.41) is 14.6. The van der Waals surface area contributed by atoms with Gasteiger partial charge in [-0.05, 0) is 66.1 Å². The van der Waals surface area contributed by atoms with Gasteiger partial charge in [-0.15, -0.1) is 0 Å². The predicted octanol–water partition coefficient (Wildman–Crippen LogP) is 5.49. The molecule has 0 aliphatic carbocycles. The van der Waals surface area contributed by atoms with Crippen molar-refractivity contribution >= 4 is 11.0 Å². The van der Waals surface area contributed by atoms with E-state index in [9.17, 15) is 13.9 Å². The number of aliphatic hydroxyl groups is 1. The maximum absolute atomic E-state index is 13.8. The minimum atomic E-state index is -0.336. The van der Waals surface area contributed by atoms with Gasteiger partial charge in [0.25, 0.3) is 0 Å². The predicted molar refractivity (Wildman–Crippen MR) is 123 cm³/mol. The first-order valence-electron chi connectivity index (χ1n) is 10.6. The molecular weight excluding hydrogens is 422 g/mol. The zero-order chi connectivity index (χ0) is 22.8. The van der Waals surface area contributed by atoms with Crippen LogP contribution in [0, 0.1) is 11.6 Å². The summed E-state index contributed by atoms with van der Waals surface area (Å²) in [5.74, 6) is -0.663. The number of hydrogen-bond donors (Lipinski definition) is 1. The van der Waals surface area contributed by atoms with Gasteiger partial charge in [-0.25, -0.2) is 18.4 Å². The molecule has 0 bridgehead atoms. The van der Waals surface area contributed by atoms with E-state index in [4.69, 9.17) is 4.98 Å². The quantitative estimate of drug-likeness (QED) is 0.378. The van der Waals surface area contributed by atoms with E-state index in [-0.39, 0.29) is 18.2 Å². The third kappa shape index (κ3) is 3.99. The maximum Gasteiger partial charge on any atom is 0.159 e. The van der Waals surface area contributed by atoms with Crippen LogP contribution < -0.4 is 0 Å². The van der Waals surface area contributed by atoms with Crippen LogP contribution in [-0.4, -0.2) is 31.5 Å².